The number of urea groups is 1. The van der Waals surface area contributed by atoms with Crippen molar-refractivity contribution in [3.8, 4) is 0 Å². The summed E-state index contributed by atoms with van der Waals surface area (Å²) in [6.45, 7) is 2.22. The third kappa shape index (κ3) is 7.00. The number of benzene rings is 1. The van der Waals surface area contributed by atoms with Gasteiger partial charge in [0.05, 0.1) is 0 Å². The molecular formula is C16H22N4OS2. The molecule has 0 unspecified atom stereocenters. The van der Waals surface area contributed by atoms with E-state index in [0.717, 1.165) is 16.6 Å². The summed E-state index contributed by atoms with van der Waals surface area (Å²) in [5.74, 6) is 1.02. The van der Waals surface area contributed by atoms with E-state index in [9.17, 15) is 4.79 Å². The molecule has 0 bridgehead atoms. The minimum Gasteiger partial charge on any atom is -0.308 e. The van der Waals surface area contributed by atoms with Crippen LogP contribution in [0.4, 0.5) is 15.6 Å². The lowest BCUT2D eigenvalue weighted by molar-refractivity contribution is 0.262. The van der Waals surface area contributed by atoms with Gasteiger partial charge in [-0.1, -0.05) is 62.6 Å². The highest BCUT2D eigenvalue weighted by Gasteiger charge is 2.08. The molecule has 2 amide bonds. The molecule has 0 saturated carbocycles. The number of thioether (sulfide) groups is 1. The molecule has 0 aliphatic rings. The van der Waals surface area contributed by atoms with Crippen LogP contribution in [0.15, 0.2) is 35.5 Å². The Balaban J connectivity index is 1.69. The average molecular weight is 351 g/mol. The number of hydrogen-bond acceptors (Lipinski definition) is 5. The second kappa shape index (κ2) is 10.2. The molecule has 0 fully saturated rings. The summed E-state index contributed by atoms with van der Waals surface area (Å²) in [6.07, 6.45) is 6.32. The number of aromatic nitrogens is 2. The fraction of sp³-hybridized carbons (Fsp3) is 0.438. The Morgan fingerprint density at radius 3 is 2.70 bits per heavy atom. The third-order valence-electron chi connectivity index (χ3n) is 3.14. The molecule has 23 heavy (non-hydrogen) atoms. The zero-order valence-electron chi connectivity index (χ0n) is 13.2. The van der Waals surface area contributed by atoms with Crippen LogP contribution >= 0.6 is 23.3 Å². The van der Waals surface area contributed by atoms with Gasteiger partial charge in [0.25, 0.3) is 0 Å². The molecule has 2 rings (SSSR count). The lowest BCUT2D eigenvalue weighted by Crippen LogP contribution is -2.19. The standard InChI is InChI=1S/C16H22N4OS2/c1-2-3-4-5-9-12-22-16-19-15(23-20-16)18-14(21)17-13-10-7-6-8-11-13/h6-8,10-11H,2-5,9,12H2,1H3,(H2,17,18,19,20,21). The molecule has 0 aliphatic heterocycles. The van der Waals surface area contributed by atoms with E-state index in [2.05, 4.69) is 26.9 Å². The monoisotopic (exact) mass is 350 g/mol. The van der Waals surface area contributed by atoms with Gasteiger partial charge >= 0.3 is 6.03 Å². The van der Waals surface area contributed by atoms with Crippen LogP contribution in [0.2, 0.25) is 0 Å². The normalized spacial score (nSPS) is 10.5. The SMILES string of the molecule is CCCCCCCSc1nsc(NC(=O)Nc2ccccc2)n1. The number of rotatable bonds is 9. The second-order valence-corrected chi connectivity index (χ2v) is 6.90. The average Bonchev–Trinajstić information content (AvgIpc) is 2.99. The molecule has 1 aromatic heterocycles. The number of hydrogen-bond donors (Lipinski definition) is 2. The maximum atomic E-state index is 11.9. The summed E-state index contributed by atoms with van der Waals surface area (Å²) in [5.41, 5.74) is 0.746. The number of carbonyl (C=O) groups excluding carboxylic acids is 1. The van der Waals surface area contributed by atoms with Crippen LogP contribution in [0.3, 0.4) is 0 Å². The summed E-state index contributed by atoms with van der Waals surface area (Å²) >= 11 is 2.85. The van der Waals surface area contributed by atoms with Gasteiger partial charge in [-0.3, -0.25) is 5.32 Å². The van der Waals surface area contributed by atoms with E-state index in [4.69, 9.17) is 0 Å². The Bertz CT molecular complexity index is 589. The number of para-hydroxylation sites is 1. The van der Waals surface area contributed by atoms with E-state index in [0.29, 0.717) is 5.13 Å². The molecule has 0 radical (unpaired) electrons. The van der Waals surface area contributed by atoms with Crippen molar-refractivity contribution >= 4 is 40.1 Å². The number of anilines is 2. The molecule has 124 valence electrons. The van der Waals surface area contributed by atoms with Gasteiger partial charge in [0, 0.05) is 23.0 Å². The van der Waals surface area contributed by atoms with E-state index in [-0.39, 0.29) is 6.03 Å². The number of carbonyl (C=O) groups is 1. The van der Waals surface area contributed by atoms with Crippen molar-refractivity contribution < 1.29 is 4.79 Å². The molecular weight excluding hydrogens is 328 g/mol. The Kier molecular flexibility index (Phi) is 7.89. The Hall–Kier alpha value is -1.60. The van der Waals surface area contributed by atoms with Gasteiger partial charge < -0.3 is 5.32 Å². The fourth-order valence-electron chi connectivity index (χ4n) is 1.97. The van der Waals surface area contributed by atoms with Crippen molar-refractivity contribution in [2.24, 2.45) is 0 Å². The van der Waals surface area contributed by atoms with Crippen molar-refractivity contribution in [2.75, 3.05) is 16.4 Å². The highest BCUT2D eigenvalue weighted by molar-refractivity contribution is 7.99. The first kappa shape index (κ1) is 17.7. The minimum atomic E-state index is -0.302. The summed E-state index contributed by atoms with van der Waals surface area (Å²) in [4.78, 5) is 16.2. The van der Waals surface area contributed by atoms with Crippen LogP contribution in [0.1, 0.15) is 39.0 Å². The van der Waals surface area contributed by atoms with Crippen molar-refractivity contribution in [1.29, 1.82) is 0 Å². The highest BCUT2D eigenvalue weighted by Crippen LogP contribution is 2.21. The maximum Gasteiger partial charge on any atom is 0.325 e. The highest BCUT2D eigenvalue weighted by atomic mass is 32.2. The number of nitrogens with zero attached hydrogens (tertiary/aromatic N) is 2. The van der Waals surface area contributed by atoms with Crippen molar-refractivity contribution in [2.45, 2.75) is 44.2 Å². The molecule has 7 heteroatoms. The van der Waals surface area contributed by atoms with E-state index in [1.54, 1.807) is 11.8 Å². The molecule has 2 N–H and O–H groups in total. The summed E-state index contributed by atoms with van der Waals surface area (Å²) in [7, 11) is 0. The number of unbranched alkanes of at least 4 members (excludes halogenated alkanes) is 4. The smallest absolute Gasteiger partial charge is 0.308 e. The van der Waals surface area contributed by atoms with Crippen molar-refractivity contribution in [1.82, 2.24) is 9.36 Å². The summed E-state index contributed by atoms with van der Waals surface area (Å²) in [6, 6.07) is 9.01. The van der Waals surface area contributed by atoms with E-state index in [1.807, 2.05) is 30.3 Å². The van der Waals surface area contributed by atoms with Gasteiger partial charge in [0.1, 0.15) is 0 Å². The molecule has 2 aromatic rings. The van der Waals surface area contributed by atoms with Gasteiger partial charge in [-0.15, -0.1) is 0 Å². The Morgan fingerprint density at radius 1 is 1.13 bits per heavy atom. The molecule has 0 atom stereocenters. The van der Waals surface area contributed by atoms with Crippen LogP contribution in [0, 0.1) is 0 Å². The van der Waals surface area contributed by atoms with Crippen molar-refractivity contribution in [3.05, 3.63) is 30.3 Å². The molecule has 0 spiro atoms. The van der Waals surface area contributed by atoms with E-state index >= 15 is 0 Å². The zero-order valence-corrected chi connectivity index (χ0v) is 14.9. The molecule has 1 heterocycles. The van der Waals surface area contributed by atoms with Gasteiger partial charge in [0.2, 0.25) is 10.3 Å². The first-order valence-corrected chi connectivity index (χ1v) is 9.63. The van der Waals surface area contributed by atoms with Crippen LogP contribution in [0.5, 0.6) is 0 Å². The minimum absolute atomic E-state index is 0.302. The first-order chi connectivity index (χ1) is 11.3. The molecule has 0 saturated heterocycles. The largest absolute Gasteiger partial charge is 0.325 e. The number of amides is 2. The maximum absolute atomic E-state index is 11.9. The summed E-state index contributed by atoms with van der Waals surface area (Å²) < 4.78 is 4.26. The lowest BCUT2D eigenvalue weighted by atomic mass is 10.2. The summed E-state index contributed by atoms with van der Waals surface area (Å²) in [5, 5.41) is 6.72. The Morgan fingerprint density at radius 2 is 1.91 bits per heavy atom. The molecule has 1 aromatic carbocycles. The van der Waals surface area contributed by atoms with E-state index < -0.39 is 0 Å². The van der Waals surface area contributed by atoms with Gasteiger partial charge in [-0.05, 0) is 18.6 Å². The lowest BCUT2D eigenvalue weighted by Gasteiger charge is -2.04. The topological polar surface area (TPSA) is 66.9 Å². The molecule has 0 aliphatic carbocycles. The van der Waals surface area contributed by atoms with Crippen LogP contribution in [0.25, 0.3) is 0 Å². The predicted octanol–water partition coefficient (Wildman–Crippen LogP) is 5.24. The van der Waals surface area contributed by atoms with Gasteiger partial charge in [-0.25, -0.2) is 4.79 Å². The molecule has 5 nitrogen and oxygen atoms in total. The first-order valence-electron chi connectivity index (χ1n) is 7.87. The number of nitrogens with one attached hydrogen (secondary N) is 2. The predicted molar refractivity (Wildman–Crippen MR) is 98.5 cm³/mol. The third-order valence-corrected chi connectivity index (χ3v) is 4.82. The second-order valence-electron chi connectivity index (χ2n) is 5.09. The van der Waals surface area contributed by atoms with Gasteiger partial charge in [0.15, 0.2) is 0 Å². The van der Waals surface area contributed by atoms with Crippen molar-refractivity contribution in [3.63, 3.8) is 0 Å². The quantitative estimate of drug-likeness (QED) is 0.479. The Labute approximate surface area is 145 Å². The van der Waals surface area contributed by atoms with E-state index in [1.165, 1.54) is 43.6 Å². The van der Waals surface area contributed by atoms with Gasteiger partial charge in [-0.2, -0.15) is 9.36 Å². The fourth-order valence-corrected chi connectivity index (χ4v) is 3.51. The zero-order chi connectivity index (χ0) is 16.3. The van der Waals surface area contributed by atoms with Crippen LogP contribution in [-0.4, -0.2) is 21.1 Å². The van der Waals surface area contributed by atoms with Crippen LogP contribution in [-0.2, 0) is 0 Å². The van der Waals surface area contributed by atoms with Crippen LogP contribution < -0.4 is 10.6 Å².